The van der Waals surface area contributed by atoms with Crippen LogP contribution in [-0.2, 0) is 19.1 Å². The van der Waals surface area contributed by atoms with Gasteiger partial charge in [-0.3, -0.25) is 14.4 Å². The van der Waals surface area contributed by atoms with Crippen LogP contribution in [0.5, 0.6) is 5.75 Å². The van der Waals surface area contributed by atoms with E-state index in [1.807, 2.05) is 47.4 Å². The number of unbranched alkanes of at least 4 members (excludes halogenated alkanes) is 1. The number of carbonyl (C=O) groups excluding carboxylic acids is 3. The van der Waals surface area contributed by atoms with Crippen molar-refractivity contribution in [3.8, 4) is 5.75 Å². The molecule has 0 unspecified atom stereocenters. The number of nitrogens with zero attached hydrogens (tertiary/aromatic N) is 2. The SMILES string of the molecule is COC1=C(OC)C(=O)C2=C(CC(CCCCOc3ccc(C(=O)N4CCN(c5ccccc5)CC4)cc3)C2)C1=O. The lowest BCUT2D eigenvalue weighted by Crippen LogP contribution is -2.48. The van der Waals surface area contributed by atoms with Gasteiger partial charge in [-0.1, -0.05) is 18.2 Å². The normalized spacial score (nSPS) is 17.9. The quantitative estimate of drug-likeness (QED) is 0.320. The first-order chi connectivity index (χ1) is 19.5. The van der Waals surface area contributed by atoms with Gasteiger partial charge in [-0.2, -0.15) is 0 Å². The predicted octanol–water partition coefficient (Wildman–Crippen LogP) is 4.56. The fraction of sp³-hybridized carbons (Fsp3) is 0.406. The van der Waals surface area contributed by atoms with E-state index in [1.54, 1.807) is 0 Å². The van der Waals surface area contributed by atoms with E-state index in [1.165, 1.54) is 19.9 Å². The summed E-state index contributed by atoms with van der Waals surface area (Å²) in [7, 11) is 2.77. The van der Waals surface area contributed by atoms with Gasteiger partial charge in [0.05, 0.1) is 20.8 Å². The van der Waals surface area contributed by atoms with Crippen LogP contribution >= 0.6 is 0 Å². The Morgan fingerprint density at radius 1 is 0.800 bits per heavy atom. The van der Waals surface area contributed by atoms with Crippen molar-refractivity contribution in [3.05, 3.63) is 82.8 Å². The maximum atomic E-state index is 13.0. The summed E-state index contributed by atoms with van der Waals surface area (Å²) in [4.78, 5) is 42.7. The minimum Gasteiger partial charge on any atom is -0.494 e. The van der Waals surface area contributed by atoms with Crippen molar-refractivity contribution < 1.29 is 28.6 Å². The van der Waals surface area contributed by atoms with Crippen molar-refractivity contribution in [2.24, 2.45) is 5.92 Å². The molecule has 8 nitrogen and oxygen atoms in total. The minimum absolute atomic E-state index is 0.0126. The number of rotatable bonds is 10. The smallest absolute Gasteiger partial charge is 0.253 e. The monoisotopic (exact) mass is 544 g/mol. The maximum absolute atomic E-state index is 13.0. The topological polar surface area (TPSA) is 85.4 Å². The van der Waals surface area contributed by atoms with Gasteiger partial charge in [0.25, 0.3) is 5.91 Å². The minimum atomic E-state index is -0.226. The van der Waals surface area contributed by atoms with Crippen LogP contribution in [0, 0.1) is 5.92 Å². The van der Waals surface area contributed by atoms with Crippen LogP contribution in [0.4, 0.5) is 5.69 Å². The Labute approximate surface area is 235 Å². The van der Waals surface area contributed by atoms with Crippen molar-refractivity contribution in [1.29, 1.82) is 0 Å². The molecule has 8 heteroatoms. The molecule has 0 bridgehead atoms. The zero-order chi connectivity index (χ0) is 28.1. The molecule has 2 aromatic rings. The average molecular weight is 545 g/mol. The van der Waals surface area contributed by atoms with Gasteiger partial charge in [0.15, 0.2) is 0 Å². The molecule has 3 aliphatic rings. The van der Waals surface area contributed by atoms with E-state index < -0.39 is 0 Å². The molecular formula is C32H36N2O6. The molecule has 1 heterocycles. The first kappa shape index (κ1) is 27.5. The third kappa shape index (κ3) is 5.76. The number of methoxy groups -OCH3 is 2. The molecule has 1 aliphatic heterocycles. The Kier molecular flexibility index (Phi) is 8.53. The first-order valence-corrected chi connectivity index (χ1v) is 14.0. The first-order valence-electron chi connectivity index (χ1n) is 14.0. The number of ether oxygens (including phenoxy) is 3. The van der Waals surface area contributed by atoms with Crippen molar-refractivity contribution in [2.45, 2.75) is 32.1 Å². The van der Waals surface area contributed by atoms with Crippen molar-refractivity contribution >= 4 is 23.2 Å². The third-order valence-corrected chi connectivity index (χ3v) is 7.99. The second-order valence-corrected chi connectivity index (χ2v) is 10.4. The van der Waals surface area contributed by atoms with Gasteiger partial charge < -0.3 is 24.0 Å². The lowest BCUT2D eigenvalue weighted by molar-refractivity contribution is -0.121. The molecule has 2 aliphatic carbocycles. The Bertz CT molecular complexity index is 1270. The van der Waals surface area contributed by atoms with Gasteiger partial charge in [-0.05, 0) is 74.4 Å². The van der Waals surface area contributed by atoms with Crippen LogP contribution in [0.2, 0.25) is 0 Å². The molecule has 2 aromatic carbocycles. The summed E-state index contributed by atoms with van der Waals surface area (Å²) in [6.45, 7) is 3.61. The highest BCUT2D eigenvalue weighted by Gasteiger charge is 2.41. The molecule has 0 saturated carbocycles. The average Bonchev–Trinajstić information content (AvgIpc) is 3.44. The number of piperazine rings is 1. The molecule has 1 fully saturated rings. The molecule has 0 spiro atoms. The van der Waals surface area contributed by atoms with E-state index in [0.29, 0.717) is 49.2 Å². The number of amides is 1. The van der Waals surface area contributed by atoms with E-state index in [9.17, 15) is 14.4 Å². The second kappa shape index (κ2) is 12.4. The number of allylic oxidation sites excluding steroid dienone is 2. The van der Waals surface area contributed by atoms with Gasteiger partial charge in [0, 0.05) is 48.6 Å². The van der Waals surface area contributed by atoms with E-state index in [-0.39, 0.29) is 34.9 Å². The number of anilines is 1. The summed E-state index contributed by atoms with van der Waals surface area (Å²) in [6, 6.07) is 17.7. The molecule has 210 valence electrons. The largest absolute Gasteiger partial charge is 0.494 e. The molecule has 0 N–H and O–H groups in total. The summed E-state index contributed by atoms with van der Waals surface area (Å²) >= 11 is 0. The Balaban J connectivity index is 1.02. The standard InChI is InChI=1S/C32H36N2O6/c1-38-30-28(35)26-20-22(21-27(26)29(36)31(30)39-2)8-6-7-19-40-25-13-11-23(12-14-25)32(37)34-17-15-33(16-18-34)24-9-4-3-5-10-24/h3-5,9-14,22H,6-8,15-21H2,1-2H3. The fourth-order valence-corrected chi connectivity index (χ4v) is 5.82. The molecular weight excluding hydrogens is 508 g/mol. The van der Waals surface area contributed by atoms with Gasteiger partial charge in [0.1, 0.15) is 5.75 Å². The lowest BCUT2D eigenvalue weighted by atomic mass is 9.94. The Morgan fingerprint density at radius 3 is 1.98 bits per heavy atom. The van der Waals surface area contributed by atoms with Crippen LogP contribution in [0.25, 0.3) is 0 Å². The highest BCUT2D eigenvalue weighted by atomic mass is 16.5. The molecule has 5 rings (SSSR count). The summed E-state index contributed by atoms with van der Waals surface area (Å²) in [5, 5.41) is 0. The maximum Gasteiger partial charge on any atom is 0.253 e. The van der Waals surface area contributed by atoms with Crippen molar-refractivity contribution in [2.75, 3.05) is 51.9 Å². The van der Waals surface area contributed by atoms with E-state index in [2.05, 4.69) is 17.0 Å². The lowest BCUT2D eigenvalue weighted by Gasteiger charge is -2.36. The fourth-order valence-electron chi connectivity index (χ4n) is 5.82. The van der Waals surface area contributed by atoms with Crippen molar-refractivity contribution in [3.63, 3.8) is 0 Å². The number of Topliss-reactive ketones (excluding diaryl/α,β-unsaturated/α-hetero) is 2. The van der Waals surface area contributed by atoms with Gasteiger partial charge in [0.2, 0.25) is 23.1 Å². The molecule has 1 amide bonds. The van der Waals surface area contributed by atoms with Crippen molar-refractivity contribution in [1.82, 2.24) is 4.90 Å². The summed E-state index contributed by atoms with van der Waals surface area (Å²) in [5.74, 6) is 0.621. The Hall–Kier alpha value is -4.07. The Morgan fingerprint density at radius 2 is 1.40 bits per heavy atom. The number of benzene rings is 2. The second-order valence-electron chi connectivity index (χ2n) is 10.4. The molecule has 40 heavy (non-hydrogen) atoms. The van der Waals surface area contributed by atoms with E-state index in [0.717, 1.165) is 38.1 Å². The van der Waals surface area contributed by atoms with E-state index in [4.69, 9.17) is 14.2 Å². The molecule has 0 atom stereocenters. The number of para-hydroxylation sites is 1. The number of carbonyl (C=O) groups is 3. The van der Waals surface area contributed by atoms with Gasteiger partial charge >= 0.3 is 0 Å². The van der Waals surface area contributed by atoms with E-state index >= 15 is 0 Å². The molecule has 0 radical (unpaired) electrons. The van der Waals surface area contributed by atoms with Gasteiger partial charge in [-0.25, -0.2) is 0 Å². The van der Waals surface area contributed by atoms with Crippen LogP contribution in [0.3, 0.4) is 0 Å². The van der Waals surface area contributed by atoms with Crippen LogP contribution in [0.15, 0.2) is 77.3 Å². The van der Waals surface area contributed by atoms with Crippen LogP contribution in [-0.4, -0.2) is 69.4 Å². The molecule has 0 aromatic heterocycles. The zero-order valence-electron chi connectivity index (χ0n) is 23.2. The number of hydrogen-bond acceptors (Lipinski definition) is 7. The highest BCUT2D eigenvalue weighted by molar-refractivity contribution is 6.24. The van der Waals surface area contributed by atoms with Gasteiger partial charge in [-0.15, -0.1) is 0 Å². The highest BCUT2D eigenvalue weighted by Crippen LogP contribution is 2.41. The number of hydrogen-bond donors (Lipinski definition) is 0. The summed E-state index contributed by atoms with van der Waals surface area (Å²) < 4.78 is 16.2. The summed E-state index contributed by atoms with van der Waals surface area (Å²) in [5.41, 5.74) is 3.03. The summed E-state index contributed by atoms with van der Waals surface area (Å²) in [6.07, 6.45) is 3.90. The van der Waals surface area contributed by atoms with Crippen LogP contribution in [0.1, 0.15) is 42.5 Å². The zero-order valence-corrected chi connectivity index (χ0v) is 23.2. The predicted molar refractivity (Wildman–Crippen MR) is 151 cm³/mol. The van der Waals surface area contributed by atoms with Crippen LogP contribution < -0.4 is 9.64 Å². The molecule has 1 saturated heterocycles. The number of ketones is 2. The third-order valence-electron chi connectivity index (χ3n) is 7.99.